The van der Waals surface area contributed by atoms with Crippen molar-refractivity contribution in [1.82, 2.24) is 24.9 Å². The van der Waals surface area contributed by atoms with Gasteiger partial charge >= 0.3 is 12.4 Å². The van der Waals surface area contributed by atoms with Crippen LogP contribution in [0.15, 0.2) is 47.5 Å². The van der Waals surface area contributed by atoms with Crippen molar-refractivity contribution in [3.05, 3.63) is 65.1 Å². The molecular formula is C40H47F7N8O5S. The van der Waals surface area contributed by atoms with Crippen LogP contribution in [0.1, 0.15) is 80.9 Å². The first-order chi connectivity index (χ1) is 28.6. The number of alkyl halides is 6. The Bertz CT molecular complexity index is 2230. The summed E-state index contributed by atoms with van der Waals surface area (Å²) in [5, 5.41) is 15.1. The monoisotopic (exact) mass is 884 g/mol. The Morgan fingerprint density at radius 3 is 2.25 bits per heavy atom. The molecule has 2 amide bonds. The maximum absolute atomic E-state index is 15.1. The fourth-order valence-corrected chi connectivity index (χ4v) is 10.0. The number of sulfonamides is 1. The van der Waals surface area contributed by atoms with Gasteiger partial charge in [-0.05, 0) is 88.1 Å². The molecule has 1 saturated carbocycles. The lowest BCUT2D eigenvalue weighted by Gasteiger charge is -2.39. The molecule has 13 nitrogen and oxygen atoms in total. The van der Waals surface area contributed by atoms with Crippen LogP contribution in [0, 0.1) is 11.7 Å². The number of carbonyl (C=O) groups is 2. The highest BCUT2D eigenvalue weighted by atomic mass is 32.2. The Morgan fingerprint density at radius 1 is 0.902 bits per heavy atom. The number of nitrogens with one attached hydrogen (secondary N) is 3. The van der Waals surface area contributed by atoms with E-state index in [1.165, 1.54) is 17.9 Å². The number of hydrogen-bond donors (Lipinski definition) is 4. The molecule has 0 radical (unpaired) electrons. The lowest BCUT2D eigenvalue weighted by Crippen LogP contribution is -2.48. The topological polar surface area (TPSA) is 160 Å². The summed E-state index contributed by atoms with van der Waals surface area (Å²) in [6, 6.07) is 6.60. The van der Waals surface area contributed by atoms with Gasteiger partial charge in [0.05, 0.1) is 27.7 Å². The molecular weight excluding hydrogens is 838 g/mol. The number of nitrogens with zero attached hydrogens (tertiary/aromatic N) is 5. The highest BCUT2D eigenvalue weighted by Crippen LogP contribution is 2.40. The molecule has 4 heterocycles. The van der Waals surface area contributed by atoms with Gasteiger partial charge in [0.15, 0.2) is 0 Å². The van der Waals surface area contributed by atoms with Gasteiger partial charge in [0.2, 0.25) is 27.8 Å². The first-order valence-corrected chi connectivity index (χ1v) is 21.7. The maximum Gasteiger partial charge on any atom is 0.421 e. The number of imide groups is 1. The van der Waals surface area contributed by atoms with Crippen LogP contribution in [-0.4, -0.2) is 97.7 Å². The minimum atomic E-state index is -5.07. The summed E-state index contributed by atoms with van der Waals surface area (Å²) in [4.78, 5) is 36.2. The maximum atomic E-state index is 15.1. The van der Waals surface area contributed by atoms with Crippen LogP contribution in [0.25, 0.3) is 0 Å². The van der Waals surface area contributed by atoms with Crippen LogP contribution >= 0.6 is 0 Å². The van der Waals surface area contributed by atoms with Crippen molar-refractivity contribution in [2.75, 3.05) is 60.9 Å². The molecule has 3 aromatic rings. The Balaban J connectivity index is 0.936. The van der Waals surface area contributed by atoms with Crippen LogP contribution in [0.5, 0.6) is 0 Å². The van der Waals surface area contributed by atoms with Crippen molar-refractivity contribution in [1.29, 1.82) is 0 Å². The smallest absolute Gasteiger partial charge is 0.388 e. The summed E-state index contributed by atoms with van der Waals surface area (Å²) in [6.07, 6.45) is -6.12. The summed E-state index contributed by atoms with van der Waals surface area (Å²) in [5.41, 5.74) is -3.64. The highest BCUT2D eigenvalue weighted by Gasteiger charge is 2.41. The zero-order valence-electron chi connectivity index (χ0n) is 33.3. The van der Waals surface area contributed by atoms with E-state index in [1.807, 2.05) is 0 Å². The SMILES string of the molecule is C[C@]1(O)CCCN(c2nc(Nc3ccc(S(=O)(=O)NC4CCC(CN5CCN(c6ccc(C7CCC(=O)NC7=O)c(F)c6)CC5)CC4)cc3C(F)(F)F)ncc2C(F)(F)F)C1. The van der Waals surface area contributed by atoms with E-state index >= 15 is 4.39 Å². The second kappa shape index (κ2) is 17.3. The van der Waals surface area contributed by atoms with Gasteiger partial charge in [-0.1, -0.05) is 6.07 Å². The summed E-state index contributed by atoms with van der Waals surface area (Å²) in [7, 11) is -4.42. The molecule has 3 saturated heterocycles. The number of carbonyl (C=O) groups excluding carboxylic acids is 2. The van der Waals surface area contributed by atoms with Crippen LogP contribution in [0.4, 0.5) is 53.9 Å². The van der Waals surface area contributed by atoms with Crippen molar-refractivity contribution in [2.24, 2.45) is 5.92 Å². The molecule has 4 N–H and O–H groups in total. The lowest BCUT2D eigenvalue weighted by molar-refractivity contribution is -0.138. The fraction of sp³-hybridized carbons (Fsp3) is 0.550. The van der Waals surface area contributed by atoms with E-state index in [1.54, 1.807) is 12.1 Å². The Hall–Kier alpha value is -4.60. The molecule has 2 atom stereocenters. The number of β-amino-alcohol motifs (C(OH)–C–C–N with tert-alkyl or cyclic N) is 1. The number of halogens is 7. The third-order valence-corrected chi connectivity index (χ3v) is 13.4. The number of piperidine rings is 2. The molecule has 61 heavy (non-hydrogen) atoms. The number of amides is 2. The minimum absolute atomic E-state index is 0.112. The zero-order chi connectivity index (χ0) is 43.9. The number of piperazine rings is 1. The van der Waals surface area contributed by atoms with Gasteiger partial charge in [-0.3, -0.25) is 19.8 Å². The van der Waals surface area contributed by atoms with Gasteiger partial charge in [-0.2, -0.15) is 31.3 Å². The van der Waals surface area contributed by atoms with Gasteiger partial charge in [0.25, 0.3) is 0 Å². The first-order valence-electron chi connectivity index (χ1n) is 20.2. The largest absolute Gasteiger partial charge is 0.421 e. The molecule has 0 bridgehead atoms. The molecule has 1 unspecified atom stereocenters. The van der Waals surface area contributed by atoms with Crippen molar-refractivity contribution < 1.29 is 53.8 Å². The summed E-state index contributed by atoms with van der Waals surface area (Å²) >= 11 is 0. The minimum Gasteiger partial charge on any atom is -0.388 e. The van der Waals surface area contributed by atoms with Crippen LogP contribution in [-0.2, 0) is 32.0 Å². The number of hydrogen-bond acceptors (Lipinski definition) is 11. The molecule has 332 valence electrons. The molecule has 1 aromatic heterocycles. The normalized spacial score (nSPS) is 24.8. The highest BCUT2D eigenvalue weighted by molar-refractivity contribution is 7.89. The van der Waals surface area contributed by atoms with Gasteiger partial charge in [-0.25, -0.2) is 22.5 Å². The first kappa shape index (κ1) is 44.5. The van der Waals surface area contributed by atoms with Crippen LogP contribution in [0.3, 0.4) is 0 Å². The van der Waals surface area contributed by atoms with E-state index in [4.69, 9.17) is 0 Å². The van der Waals surface area contributed by atoms with E-state index < -0.39 is 85.1 Å². The van der Waals surface area contributed by atoms with E-state index in [-0.39, 0.29) is 43.3 Å². The van der Waals surface area contributed by atoms with Crippen molar-refractivity contribution in [2.45, 2.75) is 93.1 Å². The fourth-order valence-electron chi connectivity index (χ4n) is 8.72. The lowest BCUT2D eigenvalue weighted by atomic mass is 9.86. The number of aromatic nitrogens is 2. The van der Waals surface area contributed by atoms with Crippen molar-refractivity contribution in [3.8, 4) is 0 Å². The standard InChI is InChI=1S/C40H47F7N8O5S/c1-38(58)13-2-14-55(23-38)35-31(40(45,46)47)21-48-37(51-35)49-33-11-8-27(20-30(33)39(42,43)44)61(59,60)52-25-5-3-24(4-6-25)22-53-15-17-54(18-16-53)26-7-9-28(32(41)19-26)29-10-12-34(56)50-36(29)57/h7-9,11,19-21,24-25,29,52,58H,2-6,10,12-18,22-23H2,1H3,(H,48,49,51)(H,50,56,57)/t24?,25?,29?,38-/m0/s1. The molecule has 7 rings (SSSR count). The number of aliphatic hydroxyl groups is 1. The van der Waals surface area contributed by atoms with Gasteiger partial charge in [0.1, 0.15) is 17.2 Å². The van der Waals surface area contributed by atoms with E-state index in [9.17, 15) is 49.5 Å². The van der Waals surface area contributed by atoms with Gasteiger partial charge < -0.3 is 20.2 Å². The van der Waals surface area contributed by atoms with Gasteiger partial charge in [-0.15, -0.1) is 0 Å². The third-order valence-electron chi connectivity index (χ3n) is 11.9. The van der Waals surface area contributed by atoms with Crippen molar-refractivity contribution in [3.63, 3.8) is 0 Å². The Morgan fingerprint density at radius 2 is 1.61 bits per heavy atom. The van der Waals surface area contributed by atoms with Crippen LogP contribution in [0.2, 0.25) is 0 Å². The molecule has 1 aliphatic carbocycles. The second-order valence-electron chi connectivity index (χ2n) is 16.6. The molecule has 4 fully saturated rings. The Kier molecular flexibility index (Phi) is 12.6. The summed E-state index contributed by atoms with van der Waals surface area (Å²) < 4.78 is 129. The predicted octanol–water partition coefficient (Wildman–Crippen LogP) is 5.93. The Labute approximate surface area is 348 Å². The van der Waals surface area contributed by atoms with Crippen molar-refractivity contribution >= 4 is 45.0 Å². The average molecular weight is 885 g/mol. The molecule has 3 aliphatic heterocycles. The molecule has 4 aliphatic rings. The van der Waals surface area contributed by atoms with E-state index in [0.29, 0.717) is 82.7 Å². The number of benzene rings is 2. The average Bonchev–Trinajstić information content (AvgIpc) is 3.18. The quantitative estimate of drug-likeness (QED) is 0.141. The summed E-state index contributed by atoms with van der Waals surface area (Å²) in [5.74, 6) is -3.01. The zero-order valence-corrected chi connectivity index (χ0v) is 34.1. The molecule has 2 aromatic carbocycles. The number of anilines is 4. The van der Waals surface area contributed by atoms with Gasteiger partial charge in [0, 0.05) is 75.7 Å². The summed E-state index contributed by atoms with van der Waals surface area (Å²) in [6.45, 7) is 4.85. The number of rotatable bonds is 10. The molecule has 21 heteroatoms. The van der Waals surface area contributed by atoms with E-state index in [0.717, 1.165) is 18.7 Å². The van der Waals surface area contributed by atoms with Crippen LogP contribution < -0.4 is 25.2 Å². The predicted molar refractivity (Wildman–Crippen MR) is 210 cm³/mol. The van der Waals surface area contributed by atoms with E-state index in [2.05, 4.69) is 35.1 Å². The second-order valence-corrected chi connectivity index (χ2v) is 18.3. The molecule has 0 spiro atoms. The third kappa shape index (κ3) is 10.5.